The number of hydrogen-bond acceptors (Lipinski definition) is 10. The van der Waals surface area contributed by atoms with E-state index in [4.69, 9.17) is 0 Å². The van der Waals surface area contributed by atoms with Gasteiger partial charge in [-0.3, -0.25) is 30.0 Å². The summed E-state index contributed by atoms with van der Waals surface area (Å²) in [6.07, 6.45) is 0.836. The van der Waals surface area contributed by atoms with E-state index in [0.717, 1.165) is 12.3 Å². The molecule has 0 aliphatic carbocycles. The summed E-state index contributed by atoms with van der Waals surface area (Å²) >= 11 is 0. The van der Waals surface area contributed by atoms with Gasteiger partial charge in [-0.2, -0.15) is 5.10 Å². The summed E-state index contributed by atoms with van der Waals surface area (Å²) < 4.78 is 0. The molecule has 13 nitrogen and oxygen atoms in total. The number of H-pyrrole nitrogens is 1. The third-order valence-electron chi connectivity index (χ3n) is 2.72. The second-order valence-corrected chi connectivity index (χ2v) is 4.36. The van der Waals surface area contributed by atoms with E-state index in [0.29, 0.717) is 6.07 Å². The van der Waals surface area contributed by atoms with E-state index in [1.165, 1.54) is 6.92 Å². The van der Waals surface area contributed by atoms with Gasteiger partial charge in [0.2, 0.25) is 5.95 Å². The van der Waals surface area contributed by atoms with E-state index in [9.17, 15) is 30.1 Å². The van der Waals surface area contributed by atoms with Gasteiger partial charge in [0.1, 0.15) is 5.69 Å². The van der Waals surface area contributed by atoms with Gasteiger partial charge in [-0.1, -0.05) is 0 Å². The summed E-state index contributed by atoms with van der Waals surface area (Å²) in [6.45, 7) is 1.44. The van der Waals surface area contributed by atoms with Crippen molar-refractivity contribution in [3.8, 4) is 5.75 Å². The van der Waals surface area contributed by atoms with Crippen LogP contribution in [0.15, 0.2) is 22.0 Å². The van der Waals surface area contributed by atoms with Gasteiger partial charge in [-0.25, -0.2) is 5.43 Å². The van der Waals surface area contributed by atoms with Crippen molar-refractivity contribution in [2.75, 3.05) is 5.43 Å². The quantitative estimate of drug-likeness (QED) is 0.423. The minimum Gasteiger partial charge on any atom is -0.867 e. The second kappa shape index (κ2) is 6.47. The first kappa shape index (κ1) is 16.5. The highest BCUT2D eigenvalue weighted by Crippen LogP contribution is 2.31. The maximum absolute atomic E-state index is 11.9. The van der Waals surface area contributed by atoms with Crippen LogP contribution in [-0.2, 0) is 0 Å². The molecule has 1 aromatic carbocycles. The Hall–Kier alpha value is -3.90. The number of aromatic nitrogens is 3. The zero-order chi connectivity index (χ0) is 17.9. The maximum atomic E-state index is 11.9. The predicted molar refractivity (Wildman–Crippen MR) is 77.8 cm³/mol. The van der Waals surface area contributed by atoms with Crippen LogP contribution < -0.4 is 16.1 Å². The summed E-state index contributed by atoms with van der Waals surface area (Å²) in [6, 6.07) is 1.40. The second-order valence-electron chi connectivity index (χ2n) is 4.36. The van der Waals surface area contributed by atoms with Gasteiger partial charge in [-0.15, -0.1) is 10.2 Å². The average Bonchev–Trinajstić information content (AvgIpc) is 2.51. The fraction of sp³-hybridized carbons (Fsp3) is 0.0909. The number of hydrogen-bond donors (Lipinski definition) is 2. The molecule has 0 saturated carbocycles. The van der Waals surface area contributed by atoms with Gasteiger partial charge < -0.3 is 5.11 Å². The van der Waals surface area contributed by atoms with Crippen LogP contribution in [-0.4, -0.2) is 31.2 Å². The lowest BCUT2D eigenvalue weighted by molar-refractivity contribution is -0.403. The van der Waals surface area contributed by atoms with Crippen LogP contribution >= 0.6 is 0 Å². The number of nitrogens with zero attached hydrogens (tertiary/aromatic N) is 5. The molecule has 0 fully saturated rings. The number of non-ortho nitro benzene ring substituents is 1. The highest BCUT2D eigenvalue weighted by atomic mass is 16.6. The van der Waals surface area contributed by atoms with Gasteiger partial charge in [0.25, 0.3) is 16.9 Å². The molecule has 0 atom stereocenters. The SMILES string of the molecule is Cc1nnc(N/N=C/c2cc([N+](=O)[O-])cc([N+](=O)[O-])c2[O-])[nH]c1=O. The van der Waals surface area contributed by atoms with Crippen molar-refractivity contribution in [2.45, 2.75) is 6.92 Å². The Morgan fingerprint density at radius 1 is 1.25 bits per heavy atom. The maximum Gasteiger partial charge on any atom is 0.276 e. The van der Waals surface area contributed by atoms with Crippen molar-refractivity contribution in [3.63, 3.8) is 0 Å². The minimum absolute atomic E-state index is 0.126. The molecule has 2 rings (SSSR count). The molecule has 0 bridgehead atoms. The lowest BCUT2D eigenvalue weighted by atomic mass is 10.1. The predicted octanol–water partition coefficient (Wildman–Crippen LogP) is -0.191. The number of aromatic amines is 1. The largest absolute Gasteiger partial charge is 0.867 e. The zero-order valence-corrected chi connectivity index (χ0v) is 11.9. The Morgan fingerprint density at radius 2 is 1.96 bits per heavy atom. The third kappa shape index (κ3) is 3.46. The van der Waals surface area contributed by atoms with Crippen molar-refractivity contribution < 1.29 is 15.0 Å². The fourth-order valence-corrected chi connectivity index (χ4v) is 1.56. The lowest BCUT2D eigenvalue weighted by Crippen LogP contribution is -2.15. The van der Waals surface area contributed by atoms with Crippen molar-refractivity contribution >= 4 is 23.5 Å². The summed E-state index contributed by atoms with van der Waals surface area (Å²) in [5.74, 6) is -1.19. The first-order valence-corrected chi connectivity index (χ1v) is 6.16. The molecule has 2 aromatic rings. The number of nitro groups is 2. The standard InChI is InChI=1S/C11H9N7O6/c1-5-10(20)13-11(16-14-5)15-12-4-6-2-7(17(21)22)3-8(9(6)19)18(23)24/h2-4,19H,1H3,(H2,13,15,16,20)/p-1/b12-4+. The van der Waals surface area contributed by atoms with E-state index in [1.54, 1.807) is 0 Å². The molecule has 1 heterocycles. The van der Waals surface area contributed by atoms with E-state index in [1.807, 2.05) is 0 Å². The fourth-order valence-electron chi connectivity index (χ4n) is 1.56. The van der Waals surface area contributed by atoms with Crippen LogP contribution in [0.5, 0.6) is 5.75 Å². The Labute approximate surface area is 132 Å². The lowest BCUT2D eigenvalue weighted by Gasteiger charge is -2.10. The van der Waals surface area contributed by atoms with Crippen LogP contribution in [0.1, 0.15) is 11.3 Å². The molecular formula is C11H8N7O6-. The van der Waals surface area contributed by atoms with Crippen molar-refractivity contribution in [2.24, 2.45) is 5.10 Å². The number of benzene rings is 1. The molecule has 0 saturated heterocycles. The van der Waals surface area contributed by atoms with Crippen LogP contribution in [0.3, 0.4) is 0 Å². The van der Waals surface area contributed by atoms with Crippen LogP contribution in [0.4, 0.5) is 17.3 Å². The van der Waals surface area contributed by atoms with Gasteiger partial charge in [-0.05, 0) is 12.7 Å². The Kier molecular flexibility index (Phi) is 4.44. The van der Waals surface area contributed by atoms with E-state index >= 15 is 0 Å². The monoisotopic (exact) mass is 334 g/mol. The molecule has 13 heteroatoms. The summed E-state index contributed by atoms with van der Waals surface area (Å²) in [4.78, 5) is 33.2. The first-order valence-electron chi connectivity index (χ1n) is 6.16. The van der Waals surface area contributed by atoms with Crippen LogP contribution in [0, 0.1) is 27.2 Å². The molecule has 0 spiro atoms. The molecular weight excluding hydrogens is 326 g/mol. The van der Waals surface area contributed by atoms with Crippen molar-refractivity contribution in [1.82, 2.24) is 15.2 Å². The number of hydrazone groups is 1. The molecule has 0 unspecified atom stereocenters. The van der Waals surface area contributed by atoms with E-state index in [-0.39, 0.29) is 17.2 Å². The number of rotatable bonds is 5. The molecule has 2 N–H and O–H groups in total. The molecule has 1 aromatic heterocycles. The normalized spacial score (nSPS) is 10.7. The topological polar surface area (TPSA) is 192 Å². The van der Waals surface area contributed by atoms with Crippen LogP contribution in [0.25, 0.3) is 0 Å². The highest BCUT2D eigenvalue weighted by molar-refractivity contribution is 5.87. The average molecular weight is 334 g/mol. The minimum atomic E-state index is -1.04. The summed E-state index contributed by atoms with van der Waals surface area (Å²) in [7, 11) is 0. The molecule has 124 valence electrons. The Bertz CT molecular complexity index is 906. The van der Waals surface area contributed by atoms with Gasteiger partial charge in [0.15, 0.2) is 0 Å². The molecule has 0 amide bonds. The van der Waals surface area contributed by atoms with E-state index in [2.05, 4.69) is 25.7 Å². The first-order chi connectivity index (χ1) is 11.3. The van der Waals surface area contributed by atoms with Crippen molar-refractivity contribution in [1.29, 1.82) is 0 Å². The summed E-state index contributed by atoms with van der Waals surface area (Å²) in [5, 5.41) is 44.0. The van der Waals surface area contributed by atoms with Gasteiger partial charge >= 0.3 is 0 Å². The summed E-state index contributed by atoms with van der Waals surface area (Å²) in [5.41, 5.74) is -0.109. The molecule has 24 heavy (non-hydrogen) atoms. The highest BCUT2D eigenvalue weighted by Gasteiger charge is 2.18. The Morgan fingerprint density at radius 3 is 2.54 bits per heavy atom. The third-order valence-corrected chi connectivity index (χ3v) is 2.72. The molecule has 0 aliphatic rings. The number of nitrogens with one attached hydrogen (secondary N) is 2. The van der Waals surface area contributed by atoms with Gasteiger partial charge in [0, 0.05) is 11.6 Å². The van der Waals surface area contributed by atoms with Crippen LogP contribution in [0.2, 0.25) is 0 Å². The number of anilines is 1. The number of aryl methyl sites for hydroxylation is 1. The smallest absolute Gasteiger partial charge is 0.276 e. The van der Waals surface area contributed by atoms with E-state index < -0.39 is 32.5 Å². The van der Waals surface area contributed by atoms with Gasteiger partial charge in [0.05, 0.1) is 22.1 Å². The zero-order valence-electron chi connectivity index (χ0n) is 11.9. The Balaban J connectivity index is 2.33. The molecule has 0 radical (unpaired) electrons. The number of nitro benzene ring substituents is 2. The molecule has 0 aliphatic heterocycles. The van der Waals surface area contributed by atoms with Crippen molar-refractivity contribution in [3.05, 3.63) is 54.0 Å².